The van der Waals surface area contributed by atoms with E-state index in [0.717, 1.165) is 6.04 Å². The molecule has 1 aliphatic rings. The van der Waals surface area contributed by atoms with Gasteiger partial charge in [0, 0.05) is 6.04 Å². The van der Waals surface area contributed by atoms with Crippen LogP contribution >= 0.6 is 0 Å². The largest absolute Gasteiger partial charge is 0.316 e. The fourth-order valence-electron chi connectivity index (χ4n) is 2.13. The molecule has 0 saturated heterocycles. The molecule has 0 spiro atoms. The molecule has 0 atom stereocenters. The van der Waals surface area contributed by atoms with Crippen molar-refractivity contribution in [2.75, 3.05) is 21.1 Å². The van der Waals surface area contributed by atoms with Gasteiger partial charge in [0.1, 0.15) is 0 Å². The van der Waals surface area contributed by atoms with Gasteiger partial charge < -0.3 is 9.96 Å². The maximum absolute atomic E-state index is 3.46. The van der Waals surface area contributed by atoms with Crippen molar-refractivity contribution < 1.29 is 0 Å². The summed E-state index contributed by atoms with van der Waals surface area (Å²) in [6.45, 7) is 2.32. The van der Waals surface area contributed by atoms with E-state index < -0.39 is 8.56 Å². The van der Waals surface area contributed by atoms with Crippen LogP contribution in [0, 0.1) is 0 Å². The predicted molar refractivity (Wildman–Crippen MR) is 59.8 cm³/mol. The Bertz CT molecular complexity index is 153. The third kappa shape index (κ3) is 2.31. The molecule has 0 aromatic carbocycles. The molecular formula is C9H23N3Si. The van der Waals surface area contributed by atoms with E-state index in [-0.39, 0.29) is 0 Å². The van der Waals surface area contributed by atoms with Crippen LogP contribution in [0.3, 0.4) is 0 Å². The van der Waals surface area contributed by atoms with Crippen molar-refractivity contribution in [3.05, 3.63) is 0 Å². The van der Waals surface area contributed by atoms with E-state index in [0.29, 0.717) is 0 Å². The van der Waals surface area contributed by atoms with Gasteiger partial charge in [-0.3, -0.25) is 4.57 Å². The van der Waals surface area contributed by atoms with Crippen LogP contribution in [0.4, 0.5) is 0 Å². The number of nitrogens with zero attached hydrogens (tertiary/aromatic N) is 1. The Morgan fingerprint density at radius 3 is 2.00 bits per heavy atom. The Balaban J connectivity index is 2.57. The van der Waals surface area contributed by atoms with Crippen LogP contribution in [0.15, 0.2) is 0 Å². The van der Waals surface area contributed by atoms with E-state index in [2.05, 4.69) is 42.2 Å². The van der Waals surface area contributed by atoms with Gasteiger partial charge >= 0.3 is 0 Å². The summed E-state index contributed by atoms with van der Waals surface area (Å²) in [4.78, 5) is 6.92. The van der Waals surface area contributed by atoms with Crippen LogP contribution in [0.25, 0.3) is 0 Å². The maximum atomic E-state index is 3.46. The molecule has 13 heavy (non-hydrogen) atoms. The van der Waals surface area contributed by atoms with Crippen molar-refractivity contribution in [1.82, 2.24) is 14.5 Å². The molecule has 0 heterocycles. The minimum atomic E-state index is -1.53. The Labute approximate surface area is 83.1 Å². The molecule has 1 rings (SSSR count). The van der Waals surface area contributed by atoms with Gasteiger partial charge in [-0.2, -0.15) is 0 Å². The Morgan fingerprint density at radius 1 is 1.15 bits per heavy atom. The van der Waals surface area contributed by atoms with Gasteiger partial charge in [-0.1, -0.05) is 12.8 Å². The summed E-state index contributed by atoms with van der Waals surface area (Å²) in [7, 11) is 4.85. The molecular weight excluding hydrogens is 178 g/mol. The second kappa shape index (κ2) is 4.55. The van der Waals surface area contributed by atoms with Crippen LogP contribution in [0.5, 0.6) is 0 Å². The lowest BCUT2D eigenvalue weighted by atomic mass is 10.3. The second-order valence-electron chi connectivity index (χ2n) is 4.12. The first-order valence-electron chi connectivity index (χ1n) is 5.25. The molecule has 0 bridgehead atoms. The summed E-state index contributed by atoms with van der Waals surface area (Å²) in [5, 5.41) is 0. The Morgan fingerprint density at radius 2 is 1.62 bits per heavy atom. The molecule has 0 amide bonds. The fourth-order valence-corrected chi connectivity index (χ4v) is 4.08. The number of hydrogen-bond acceptors (Lipinski definition) is 3. The minimum absolute atomic E-state index is 0.802. The minimum Gasteiger partial charge on any atom is -0.316 e. The summed E-state index contributed by atoms with van der Waals surface area (Å²) in [5.74, 6) is 0. The monoisotopic (exact) mass is 201 g/mol. The zero-order valence-electron chi connectivity index (χ0n) is 9.35. The first-order chi connectivity index (χ1) is 6.14. The highest BCUT2D eigenvalue weighted by atomic mass is 28.4. The normalized spacial score (nSPS) is 20.1. The van der Waals surface area contributed by atoms with Gasteiger partial charge in [-0.05, 0) is 40.5 Å². The van der Waals surface area contributed by atoms with E-state index in [1.165, 1.54) is 25.7 Å². The zero-order valence-corrected chi connectivity index (χ0v) is 10.4. The fraction of sp³-hybridized carbons (Fsp3) is 1.00. The third-order valence-electron chi connectivity index (χ3n) is 3.55. The summed E-state index contributed by atoms with van der Waals surface area (Å²) >= 11 is 0. The summed E-state index contributed by atoms with van der Waals surface area (Å²) in [6, 6.07) is 0.802. The molecule has 1 saturated carbocycles. The van der Waals surface area contributed by atoms with Crippen molar-refractivity contribution in [3.63, 3.8) is 0 Å². The zero-order chi connectivity index (χ0) is 9.90. The lowest BCUT2D eigenvalue weighted by molar-refractivity contribution is 0.358. The van der Waals surface area contributed by atoms with Crippen LogP contribution in [0.2, 0.25) is 6.55 Å². The topological polar surface area (TPSA) is 27.3 Å². The van der Waals surface area contributed by atoms with Crippen molar-refractivity contribution in [2.24, 2.45) is 0 Å². The van der Waals surface area contributed by atoms with E-state index in [1.54, 1.807) is 0 Å². The highest BCUT2D eigenvalue weighted by Crippen LogP contribution is 2.24. The van der Waals surface area contributed by atoms with E-state index in [4.69, 9.17) is 0 Å². The van der Waals surface area contributed by atoms with Crippen molar-refractivity contribution in [3.8, 4) is 0 Å². The number of hydrogen-bond donors (Lipinski definition) is 2. The molecule has 0 unspecified atom stereocenters. The standard InChI is InChI=1S/C9H23N3Si/c1-10-13(4,11-2)12(3)9-7-5-6-8-9/h9-11H,5-8H2,1-4H3. The van der Waals surface area contributed by atoms with Gasteiger partial charge in [-0.15, -0.1) is 0 Å². The van der Waals surface area contributed by atoms with Crippen LogP contribution in [-0.2, 0) is 0 Å². The first kappa shape index (κ1) is 11.2. The molecule has 1 aliphatic carbocycles. The molecule has 0 aliphatic heterocycles. The van der Waals surface area contributed by atoms with Gasteiger partial charge in [0.15, 0.2) is 0 Å². The second-order valence-corrected chi connectivity index (χ2v) is 7.97. The summed E-state index contributed by atoms with van der Waals surface area (Å²) < 4.78 is 2.56. The molecule has 0 radical (unpaired) electrons. The van der Waals surface area contributed by atoms with Gasteiger partial charge in [0.2, 0.25) is 0 Å². The summed E-state index contributed by atoms with van der Waals surface area (Å²) in [5.41, 5.74) is 0. The van der Waals surface area contributed by atoms with Gasteiger partial charge in [0.05, 0.1) is 0 Å². The number of nitrogens with one attached hydrogen (secondary N) is 2. The van der Waals surface area contributed by atoms with Crippen LogP contribution in [0.1, 0.15) is 25.7 Å². The van der Waals surface area contributed by atoms with Gasteiger partial charge in [-0.25, -0.2) is 0 Å². The van der Waals surface area contributed by atoms with Gasteiger partial charge in [0.25, 0.3) is 8.56 Å². The highest BCUT2D eigenvalue weighted by Gasteiger charge is 2.35. The van der Waals surface area contributed by atoms with Crippen LogP contribution in [-0.4, -0.2) is 40.3 Å². The SMILES string of the molecule is CN[Si](C)(NC)N(C)C1CCCC1. The molecule has 3 nitrogen and oxygen atoms in total. The molecule has 78 valence electrons. The quantitative estimate of drug-likeness (QED) is 0.661. The first-order valence-corrected chi connectivity index (χ1v) is 7.69. The molecule has 4 heteroatoms. The average Bonchev–Trinajstić information content (AvgIpc) is 2.68. The van der Waals surface area contributed by atoms with Crippen molar-refractivity contribution in [2.45, 2.75) is 38.3 Å². The highest BCUT2D eigenvalue weighted by molar-refractivity contribution is 6.70. The Kier molecular flexibility index (Phi) is 3.91. The predicted octanol–water partition coefficient (Wildman–Crippen LogP) is 0.868. The van der Waals surface area contributed by atoms with Crippen LogP contribution < -0.4 is 9.96 Å². The maximum Gasteiger partial charge on any atom is 0.280 e. The Hall–Kier alpha value is 0.0969. The number of rotatable bonds is 4. The van der Waals surface area contributed by atoms with E-state index in [1.807, 2.05) is 0 Å². The van der Waals surface area contributed by atoms with Crippen molar-refractivity contribution in [1.29, 1.82) is 0 Å². The lowest BCUT2D eigenvalue weighted by Crippen LogP contribution is -2.70. The lowest BCUT2D eigenvalue weighted by Gasteiger charge is -2.39. The molecule has 0 aromatic heterocycles. The van der Waals surface area contributed by atoms with E-state index in [9.17, 15) is 0 Å². The summed E-state index contributed by atoms with van der Waals surface area (Å²) in [6.07, 6.45) is 5.57. The average molecular weight is 201 g/mol. The molecule has 0 aromatic rings. The smallest absolute Gasteiger partial charge is 0.280 e. The third-order valence-corrected chi connectivity index (χ3v) is 7.27. The van der Waals surface area contributed by atoms with E-state index >= 15 is 0 Å². The molecule has 2 N–H and O–H groups in total. The van der Waals surface area contributed by atoms with Crippen molar-refractivity contribution >= 4 is 8.56 Å². The molecule has 1 fully saturated rings.